The largest absolute Gasteiger partial charge is 0.493 e. The van der Waals surface area contributed by atoms with Crippen molar-refractivity contribution in [1.82, 2.24) is 9.78 Å². The lowest BCUT2D eigenvalue weighted by Crippen LogP contribution is -2.09. The molecular weight excluding hydrogens is 226 g/mol. The highest BCUT2D eigenvalue weighted by Crippen LogP contribution is 2.23. The van der Waals surface area contributed by atoms with Crippen molar-refractivity contribution in [1.29, 1.82) is 0 Å². The molecule has 0 saturated heterocycles. The lowest BCUT2D eigenvalue weighted by atomic mass is 10.1. The predicted molar refractivity (Wildman–Crippen MR) is 71.5 cm³/mol. The maximum Gasteiger partial charge on any atom is 0.126 e. The summed E-state index contributed by atoms with van der Waals surface area (Å²) < 4.78 is 7.73. The highest BCUT2D eigenvalue weighted by Gasteiger charge is 2.06. The van der Waals surface area contributed by atoms with Crippen LogP contribution in [0.2, 0.25) is 0 Å². The van der Waals surface area contributed by atoms with Gasteiger partial charge < -0.3 is 10.5 Å². The van der Waals surface area contributed by atoms with Gasteiger partial charge in [0, 0.05) is 37.5 Å². The third kappa shape index (κ3) is 2.71. The molecule has 4 nitrogen and oxygen atoms in total. The van der Waals surface area contributed by atoms with Gasteiger partial charge in [0.1, 0.15) is 5.75 Å². The average Bonchev–Trinajstić information content (AvgIpc) is 2.77. The molecule has 0 atom stereocenters. The Morgan fingerprint density at radius 1 is 1.33 bits per heavy atom. The SMILES string of the molecule is Cc1cccc(CN)c1OCCc1ccnn1C. The molecule has 0 saturated carbocycles. The molecule has 18 heavy (non-hydrogen) atoms. The molecule has 0 bridgehead atoms. The van der Waals surface area contributed by atoms with Gasteiger partial charge in [0.25, 0.3) is 0 Å². The Morgan fingerprint density at radius 2 is 2.17 bits per heavy atom. The van der Waals surface area contributed by atoms with Crippen molar-refractivity contribution in [2.45, 2.75) is 19.9 Å². The Labute approximate surface area is 107 Å². The molecule has 0 spiro atoms. The number of aryl methyl sites for hydroxylation is 2. The molecule has 96 valence electrons. The van der Waals surface area contributed by atoms with E-state index < -0.39 is 0 Å². The summed E-state index contributed by atoms with van der Waals surface area (Å²) in [6.07, 6.45) is 2.64. The lowest BCUT2D eigenvalue weighted by molar-refractivity contribution is 0.313. The van der Waals surface area contributed by atoms with Crippen molar-refractivity contribution in [3.05, 3.63) is 47.3 Å². The van der Waals surface area contributed by atoms with E-state index in [1.807, 2.05) is 42.9 Å². The van der Waals surface area contributed by atoms with Crippen LogP contribution in [-0.2, 0) is 20.0 Å². The summed E-state index contributed by atoms with van der Waals surface area (Å²) in [7, 11) is 1.94. The van der Waals surface area contributed by atoms with E-state index in [1.54, 1.807) is 6.20 Å². The third-order valence-electron chi connectivity index (χ3n) is 3.04. The average molecular weight is 245 g/mol. The van der Waals surface area contributed by atoms with Crippen molar-refractivity contribution < 1.29 is 4.74 Å². The lowest BCUT2D eigenvalue weighted by Gasteiger charge is -2.13. The zero-order valence-corrected chi connectivity index (χ0v) is 10.9. The molecule has 2 N–H and O–H groups in total. The van der Waals surface area contributed by atoms with E-state index in [0.717, 1.165) is 29.0 Å². The third-order valence-corrected chi connectivity index (χ3v) is 3.04. The van der Waals surface area contributed by atoms with Crippen molar-refractivity contribution in [3.63, 3.8) is 0 Å². The molecule has 4 heteroatoms. The fraction of sp³-hybridized carbons (Fsp3) is 0.357. The maximum absolute atomic E-state index is 5.87. The minimum absolute atomic E-state index is 0.503. The number of nitrogens with zero attached hydrogens (tertiary/aromatic N) is 2. The summed E-state index contributed by atoms with van der Waals surface area (Å²) in [5, 5.41) is 4.13. The molecule has 0 fully saturated rings. The van der Waals surface area contributed by atoms with Crippen LogP contribution in [0.1, 0.15) is 16.8 Å². The molecule has 2 aromatic rings. The Kier molecular flexibility index (Phi) is 3.99. The number of para-hydroxylation sites is 1. The Bertz CT molecular complexity index is 520. The predicted octanol–water partition coefficient (Wildman–Crippen LogP) is 1.81. The first-order valence-corrected chi connectivity index (χ1v) is 6.10. The number of benzene rings is 1. The summed E-state index contributed by atoms with van der Waals surface area (Å²) >= 11 is 0. The Morgan fingerprint density at radius 3 is 2.83 bits per heavy atom. The van der Waals surface area contributed by atoms with Crippen LogP contribution in [0.25, 0.3) is 0 Å². The zero-order valence-electron chi connectivity index (χ0n) is 10.9. The fourth-order valence-corrected chi connectivity index (χ4v) is 1.98. The molecule has 0 radical (unpaired) electrons. The first kappa shape index (κ1) is 12.6. The second kappa shape index (κ2) is 5.69. The molecule has 1 aromatic heterocycles. The standard InChI is InChI=1S/C14H19N3O/c1-11-4-3-5-12(10-15)14(11)18-9-7-13-6-8-16-17(13)2/h3-6,8H,7,9-10,15H2,1-2H3. The van der Waals surface area contributed by atoms with Crippen LogP contribution in [0.5, 0.6) is 5.75 Å². The van der Waals surface area contributed by atoms with E-state index in [-0.39, 0.29) is 0 Å². The van der Waals surface area contributed by atoms with Crippen molar-refractivity contribution >= 4 is 0 Å². The summed E-state index contributed by atoms with van der Waals surface area (Å²) in [5.41, 5.74) is 9.06. The number of aromatic nitrogens is 2. The maximum atomic E-state index is 5.87. The molecule has 0 aliphatic heterocycles. The van der Waals surface area contributed by atoms with Crippen LogP contribution < -0.4 is 10.5 Å². The summed E-state index contributed by atoms with van der Waals surface area (Å²) in [6.45, 7) is 3.18. The minimum atomic E-state index is 0.503. The van der Waals surface area contributed by atoms with Crippen LogP contribution in [0.15, 0.2) is 30.5 Å². The van der Waals surface area contributed by atoms with E-state index >= 15 is 0 Å². The van der Waals surface area contributed by atoms with Gasteiger partial charge in [-0.25, -0.2) is 0 Å². The van der Waals surface area contributed by atoms with Gasteiger partial charge in [0.15, 0.2) is 0 Å². The molecule has 0 aliphatic rings. The van der Waals surface area contributed by atoms with Crippen LogP contribution in [0.3, 0.4) is 0 Å². The summed E-state index contributed by atoms with van der Waals surface area (Å²) in [5.74, 6) is 0.919. The molecule has 0 unspecified atom stereocenters. The molecular formula is C14H19N3O. The quantitative estimate of drug-likeness (QED) is 0.874. The number of ether oxygens (including phenoxy) is 1. The van der Waals surface area contributed by atoms with Gasteiger partial charge in [-0.2, -0.15) is 5.10 Å². The number of rotatable bonds is 5. The molecule has 0 aliphatic carbocycles. The molecule has 2 rings (SSSR count). The van der Waals surface area contributed by atoms with E-state index in [0.29, 0.717) is 13.2 Å². The Balaban J connectivity index is 2.00. The summed E-state index contributed by atoms with van der Waals surface area (Å²) in [4.78, 5) is 0. The van der Waals surface area contributed by atoms with E-state index in [2.05, 4.69) is 5.10 Å². The number of hydrogen-bond acceptors (Lipinski definition) is 3. The number of nitrogens with two attached hydrogens (primary N) is 1. The second-order valence-corrected chi connectivity index (χ2v) is 4.31. The van der Waals surface area contributed by atoms with Gasteiger partial charge >= 0.3 is 0 Å². The van der Waals surface area contributed by atoms with Gasteiger partial charge in [-0.05, 0) is 18.6 Å². The topological polar surface area (TPSA) is 53.1 Å². The van der Waals surface area contributed by atoms with Gasteiger partial charge in [0.05, 0.1) is 6.61 Å². The number of hydrogen-bond donors (Lipinski definition) is 1. The first-order chi connectivity index (χ1) is 8.72. The van der Waals surface area contributed by atoms with Gasteiger partial charge in [-0.1, -0.05) is 18.2 Å². The van der Waals surface area contributed by atoms with Gasteiger partial charge in [-0.3, -0.25) is 4.68 Å². The van der Waals surface area contributed by atoms with E-state index in [9.17, 15) is 0 Å². The van der Waals surface area contributed by atoms with Crippen molar-refractivity contribution in [3.8, 4) is 5.75 Å². The zero-order chi connectivity index (χ0) is 13.0. The van der Waals surface area contributed by atoms with Gasteiger partial charge in [-0.15, -0.1) is 0 Å². The summed E-state index contributed by atoms with van der Waals surface area (Å²) in [6, 6.07) is 8.06. The van der Waals surface area contributed by atoms with Crippen molar-refractivity contribution in [2.24, 2.45) is 12.8 Å². The van der Waals surface area contributed by atoms with Gasteiger partial charge in [0.2, 0.25) is 0 Å². The van der Waals surface area contributed by atoms with Crippen LogP contribution >= 0.6 is 0 Å². The Hall–Kier alpha value is -1.81. The fourth-order valence-electron chi connectivity index (χ4n) is 1.98. The highest BCUT2D eigenvalue weighted by atomic mass is 16.5. The van der Waals surface area contributed by atoms with Crippen LogP contribution in [-0.4, -0.2) is 16.4 Å². The van der Waals surface area contributed by atoms with Crippen LogP contribution in [0, 0.1) is 6.92 Å². The van der Waals surface area contributed by atoms with E-state index in [4.69, 9.17) is 10.5 Å². The van der Waals surface area contributed by atoms with Crippen molar-refractivity contribution in [2.75, 3.05) is 6.61 Å². The normalized spacial score (nSPS) is 10.6. The minimum Gasteiger partial charge on any atom is -0.493 e. The monoisotopic (exact) mass is 245 g/mol. The second-order valence-electron chi connectivity index (χ2n) is 4.31. The molecule has 0 amide bonds. The van der Waals surface area contributed by atoms with Crippen LogP contribution in [0.4, 0.5) is 0 Å². The molecule has 1 aromatic carbocycles. The smallest absolute Gasteiger partial charge is 0.126 e. The molecule has 1 heterocycles. The highest BCUT2D eigenvalue weighted by molar-refractivity contribution is 5.40. The first-order valence-electron chi connectivity index (χ1n) is 6.10. The van der Waals surface area contributed by atoms with E-state index in [1.165, 1.54) is 0 Å².